The van der Waals surface area contributed by atoms with E-state index >= 15 is 0 Å². The zero-order valence-electron chi connectivity index (χ0n) is 19.4. The van der Waals surface area contributed by atoms with Crippen LogP contribution >= 0.6 is 0 Å². The highest BCUT2D eigenvalue weighted by Crippen LogP contribution is 2.27. The minimum Gasteiger partial charge on any atom is -0.339 e. The summed E-state index contributed by atoms with van der Waals surface area (Å²) in [5.74, 6) is -1.35. The summed E-state index contributed by atoms with van der Waals surface area (Å²) < 4.78 is 13.1. The molecule has 0 bridgehead atoms. The Morgan fingerprint density at radius 2 is 1.47 bits per heavy atom. The van der Waals surface area contributed by atoms with Crippen LogP contribution in [0.15, 0.2) is 72.8 Å². The number of nitrogens with one attached hydrogen (secondary N) is 1. The molecule has 2 aliphatic heterocycles. The number of carbonyl (C=O) groups is 4. The first-order valence-corrected chi connectivity index (χ1v) is 11.8. The monoisotopic (exact) mass is 485 g/mol. The number of carbonyl (C=O) groups excluding carboxylic acids is 4. The predicted octanol–water partition coefficient (Wildman–Crippen LogP) is 4.23. The van der Waals surface area contributed by atoms with Crippen LogP contribution in [0.5, 0.6) is 0 Å². The van der Waals surface area contributed by atoms with E-state index in [1.54, 1.807) is 53.4 Å². The lowest BCUT2D eigenvalue weighted by Gasteiger charge is -2.33. The third-order valence-corrected chi connectivity index (χ3v) is 6.69. The molecule has 8 heteroatoms. The van der Waals surface area contributed by atoms with Crippen molar-refractivity contribution in [3.8, 4) is 0 Å². The molecular formula is C28H24FN3O4. The summed E-state index contributed by atoms with van der Waals surface area (Å²) in [6, 6.07) is 18.8. The van der Waals surface area contributed by atoms with Crippen molar-refractivity contribution in [2.45, 2.75) is 12.8 Å². The molecule has 1 N–H and O–H groups in total. The van der Waals surface area contributed by atoms with E-state index in [1.165, 1.54) is 29.2 Å². The van der Waals surface area contributed by atoms with Crippen molar-refractivity contribution in [2.24, 2.45) is 5.92 Å². The van der Waals surface area contributed by atoms with E-state index in [1.807, 2.05) is 0 Å². The van der Waals surface area contributed by atoms with Gasteiger partial charge in [0.15, 0.2) is 0 Å². The van der Waals surface area contributed by atoms with Gasteiger partial charge in [-0.15, -0.1) is 0 Å². The maximum Gasteiger partial charge on any atom is 0.261 e. The van der Waals surface area contributed by atoms with Gasteiger partial charge in [-0.3, -0.25) is 24.1 Å². The summed E-state index contributed by atoms with van der Waals surface area (Å²) in [4.78, 5) is 53.9. The lowest BCUT2D eigenvalue weighted by molar-refractivity contribution is 0.0557. The number of fused-ring (bicyclic) bond motifs is 1. The van der Waals surface area contributed by atoms with Crippen LogP contribution in [0.2, 0.25) is 0 Å². The molecule has 4 amide bonds. The molecular weight excluding hydrogens is 461 g/mol. The Morgan fingerprint density at radius 1 is 0.833 bits per heavy atom. The van der Waals surface area contributed by atoms with Crippen LogP contribution in [-0.2, 0) is 0 Å². The second kappa shape index (κ2) is 9.73. The lowest BCUT2D eigenvalue weighted by Crippen LogP contribution is -2.42. The largest absolute Gasteiger partial charge is 0.339 e. The molecule has 36 heavy (non-hydrogen) atoms. The minimum atomic E-state index is -0.424. The zero-order valence-corrected chi connectivity index (χ0v) is 19.4. The number of piperidine rings is 1. The first kappa shape index (κ1) is 23.4. The van der Waals surface area contributed by atoms with E-state index in [2.05, 4.69) is 5.32 Å². The van der Waals surface area contributed by atoms with Crippen LogP contribution in [0.1, 0.15) is 54.3 Å². The maximum absolute atomic E-state index is 13.1. The van der Waals surface area contributed by atoms with Gasteiger partial charge in [0.1, 0.15) is 5.82 Å². The molecule has 0 unspecified atom stereocenters. The molecule has 5 rings (SSSR count). The average molecular weight is 486 g/mol. The molecule has 0 atom stereocenters. The van der Waals surface area contributed by atoms with Gasteiger partial charge in [0.05, 0.1) is 11.1 Å². The number of benzene rings is 3. The van der Waals surface area contributed by atoms with Crippen LogP contribution < -0.4 is 5.32 Å². The number of amides is 4. The van der Waals surface area contributed by atoms with Crippen LogP contribution in [-0.4, -0.2) is 53.1 Å². The van der Waals surface area contributed by atoms with Gasteiger partial charge < -0.3 is 10.2 Å². The number of nitrogens with zero attached hydrogens (tertiary/aromatic N) is 2. The normalized spacial score (nSPS) is 15.7. The Balaban J connectivity index is 1.17. The number of likely N-dealkylation sites (tertiary alicyclic amines) is 1. The van der Waals surface area contributed by atoms with E-state index in [4.69, 9.17) is 0 Å². The summed E-state index contributed by atoms with van der Waals surface area (Å²) in [7, 11) is 0. The van der Waals surface area contributed by atoms with Crippen molar-refractivity contribution in [1.29, 1.82) is 0 Å². The highest BCUT2D eigenvalue weighted by molar-refractivity contribution is 6.21. The Labute approximate surface area is 207 Å². The Morgan fingerprint density at radius 3 is 2.11 bits per heavy atom. The van der Waals surface area contributed by atoms with Crippen molar-refractivity contribution < 1.29 is 23.6 Å². The van der Waals surface area contributed by atoms with Gasteiger partial charge in [-0.05, 0) is 73.4 Å². The lowest BCUT2D eigenvalue weighted by atomic mass is 9.95. The fourth-order valence-corrected chi connectivity index (χ4v) is 4.70. The Hall–Kier alpha value is -4.33. The SMILES string of the molecule is O=C(Nc1cccc(C(=O)N2CCC(CN3C(=O)c4ccccc4C3=O)CC2)c1)c1ccc(F)cc1. The number of rotatable bonds is 5. The van der Waals surface area contributed by atoms with Crippen molar-refractivity contribution in [1.82, 2.24) is 9.80 Å². The summed E-state index contributed by atoms with van der Waals surface area (Å²) in [5.41, 5.74) is 2.12. The topological polar surface area (TPSA) is 86.8 Å². The average Bonchev–Trinajstić information content (AvgIpc) is 3.14. The van der Waals surface area contributed by atoms with Crippen LogP contribution in [0.4, 0.5) is 10.1 Å². The number of imide groups is 1. The first-order valence-electron chi connectivity index (χ1n) is 11.8. The fraction of sp³-hybridized carbons (Fsp3) is 0.214. The Bertz CT molecular complexity index is 1310. The number of anilines is 1. The molecule has 0 spiro atoms. The van der Waals surface area contributed by atoms with Crippen molar-refractivity contribution in [3.05, 3.63) is 101 Å². The summed E-state index contributed by atoms with van der Waals surface area (Å²) in [5, 5.41) is 2.74. The second-order valence-corrected chi connectivity index (χ2v) is 9.04. The smallest absolute Gasteiger partial charge is 0.261 e. The molecule has 1 fully saturated rings. The molecule has 2 heterocycles. The molecule has 3 aromatic carbocycles. The summed E-state index contributed by atoms with van der Waals surface area (Å²) in [6.07, 6.45) is 1.36. The number of hydrogen-bond donors (Lipinski definition) is 1. The highest BCUT2D eigenvalue weighted by Gasteiger charge is 2.37. The van der Waals surface area contributed by atoms with Crippen LogP contribution in [0.3, 0.4) is 0 Å². The van der Waals surface area contributed by atoms with E-state index in [0.717, 1.165) is 0 Å². The molecule has 7 nitrogen and oxygen atoms in total. The molecule has 0 saturated carbocycles. The van der Waals surface area contributed by atoms with Crippen molar-refractivity contribution in [2.75, 3.05) is 25.0 Å². The molecule has 3 aromatic rings. The molecule has 0 aromatic heterocycles. The van der Waals surface area contributed by atoms with Crippen LogP contribution in [0.25, 0.3) is 0 Å². The number of hydrogen-bond acceptors (Lipinski definition) is 4. The predicted molar refractivity (Wildman–Crippen MR) is 131 cm³/mol. The molecule has 2 aliphatic rings. The third-order valence-electron chi connectivity index (χ3n) is 6.69. The second-order valence-electron chi connectivity index (χ2n) is 9.04. The number of halogens is 1. The van der Waals surface area contributed by atoms with Crippen molar-refractivity contribution in [3.63, 3.8) is 0 Å². The molecule has 182 valence electrons. The molecule has 0 radical (unpaired) electrons. The van der Waals surface area contributed by atoms with Gasteiger partial charge in [0.25, 0.3) is 23.6 Å². The van der Waals surface area contributed by atoms with Gasteiger partial charge in [0, 0.05) is 36.4 Å². The molecule has 1 saturated heterocycles. The van der Waals surface area contributed by atoms with Gasteiger partial charge in [-0.25, -0.2) is 4.39 Å². The Kier molecular flexibility index (Phi) is 6.33. The van der Waals surface area contributed by atoms with Gasteiger partial charge in [-0.1, -0.05) is 18.2 Å². The first-order chi connectivity index (χ1) is 17.4. The maximum atomic E-state index is 13.1. The van der Waals surface area contributed by atoms with Gasteiger partial charge in [-0.2, -0.15) is 0 Å². The summed E-state index contributed by atoms with van der Waals surface area (Å²) in [6.45, 7) is 1.37. The van der Waals surface area contributed by atoms with E-state index < -0.39 is 11.7 Å². The van der Waals surface area contributed by atoms with E-state index in [0.29, 0.717) is 60.4 Å². The summed E-state index contributed by atoms with van der Waals surface area (Å²) >= 11 is 0. The standard InChI is InChI=1S/C28H24FN3O4/c29-21-10-8-19(9-11-21)25(33)30-22-5-3-4-20(16-22)26(34)31-14-12-18(13-15-31)17-32-27(35)23-6-1-2-7-24(23)28(32)36/h1-11,16,18H,12-15,17H2,(H,30,33). The third kappa shape index (κ3) is 4.62. The molecule has 0 aliphatic carbocycles. The van der Waals surface area contributed by atoms with E-state index in [-0.39, 0.29) is 23.6 Å². The quantitative estimate of drug-likeness (QED) is 0.548. The van der Waals surface area contributed by atoms with Gasteiger partial charge >= 0.3 is 0 Å². The highest BCUT2D eigenvalue weighted by atomic mass is 19.1. The fourth-order valence-electron chi connectivity index (χ4n) is 4.70. The zero-order chi connectivity index (χ0) is 25.2. The van der Waals surface area contributed by atoms with E-state index in [9.17, 15) is 23.6 Å². The van der Waals surface area contributed by atoms with Crippen molar-refractivity contribution >= 4 is 29.3 Å². The van der Waals surface area contributed by atoms with Gasteiger partial charge in [0.2, 0.25) is 0 Å². The minimum absolute atomic E-state index is 0.123. The van der Waals surface area contributed by atoms with Crippen LogP contribution in [0, 0.1) is 11.7 Å².